The molecule has 3 radical (unpaired) electrons. The van der Waals surface area contributed by atoms with Crippen molar-refractivity contribution >= 4 is 11.9 Å². The average Bonchev–Trinajstić information content (AvgIpc) is 3.52. The summed E-state index contributed by atoms with van der Waals surface area (Å²) in [5.74, 6) is 1.78. The molecule has 8 heteroatoms. The Bertz CT molecular complexity index is 1210. The number of hydrogen-bond donors (Lipinski definition) is 3. The number of rotatable bonds is 5. The Balaban J connectivity index is 1.16. The molecule has 0 bridgehead atoms. The standard InChI is InChI=1S/C36H54NO7/c1-19-15-22(29(32(5,6)41)42-20(2)38)43-27-26(19)33(7)13-14-36-18-35(36)12-11-25(44-30(40)21-16-37-17-21)31(3,4)23(35)9-10-24(36)34(33,8)28(27)39/h19,21,23,25-26,28-29,37,39,41H,9-18H2,1-8H3/t19-,23+,25?,26+,28+,29+,33-,34-,35-,36+/m1/s1. The van der Waals surface area contributed by atoms with E-state index in [0.29, 0.717) is 24.5 Å². The van der Waals surface area contributed by atoms with Gasteiger partial charge in [0, 0.05) is 36.8 Å². The molecule has 7 rings (SSSR count). The molecule has 0 aromatic carbocycles. The highest BCUT2D eigenvalue weighted by molar-refractivity contribution is 5.74. The fraction of sp³-hybridized carbons (Fsp3) is 0.861. The summed E-state index contributed by atoms with van der Waals surface area (Å²) in [6.07, 6.45) is 7.47. The molecule has 5 aliphatic carbocycles. The van der Waals surface area contributed by atoms with Crippen LogP contribution in [0.5, 0.6) is 0 Å². The van der Waals surface area contributed by atoms with E-state index in [1.807, 2.05) is 0 Å². The van der Waals surface area contributed by atoms with E-state index in [-0.39, 0.29) is 51.5 Å². The molecule has 8 nitrogen and oxygen atoms in total. The fourth-order valence-corrected chi connectivity index (χ4v) is 12.3. The van der Waals surface area contributed by atoms with Crippen molar-refractivity contribution in [3.05, 3.63) is 18.1 Å². The SMILES string of the molecule is CC(=O)O[C@@H]([C]1C[C@@H](C)[C@H]2[C](O1)[C@H](O)[C@@]1(C)[C]3CC[C@H]4C(C)(C)C(OC(=O)C5CNC5)CC[C@@]45C[C@@]35CC[C@]21C)C(C)(C)O. The second-order valence-electron chi connectivity index (χ2n) is 17.4. The van der Waals surface area contributed by atoms with Gasteiger partial charge in [0.2, 0.25) is 0 Å². The summed E-state index contributed by atoms with van der Waals surface area (Å²) >= 11 is 0. The van der Waals surface area contributed by atoms with Crippen LogP contribution in [0.25, 0.3) is 0 Å². The molecule has 2 saturated heterocycles. The third kappa shape index (κ3) is 3.89. The summed E-state index contributed by atoms with van der Waals surface area (Å²) in [5, 5.41) is 26.5. The third-order valence-electron chi connectivity index (χ3n) is 14.6. The van der Waals surface area contributed by atoms with E-state index < -0.39 is 29.2 Å². The zero-order chi connectivity index (χ0) is 31.8. The first-order valence-corrected chi connectivity index (χ1v) is 17.2. The van der Waals surface area contributed by atoms with Gasteiger partial charge in [-0.25, -0.2) is 0 Å². The van der Waals surface area contributed by atoms with Gasteiger partial charge in [0.05, 0.1) is 17.6 Å². The average molecular weight is 613 g/mol. The van der Waals surface area contributed by atoms with Gasteiger partial charge >= 0.3 is 11.9 Å². The Morgan fingerprint density at radius 3 is 2.41 bits per heavy atom. The molecule has 0 aromatic heterocycles. The van der Waals surface area contributed by atoms with E-state index in [0.717, 1.165) is 51.6 Å². The molecule has 7 aliphatic rings. The summed E-state index contributed by atoms with van der Waals surface area (Å²) < 4.78 is 18.5. The second-order valence-corrected chi connectivity index (χ2v) is 17.4. The van der Waals surface area contributed by atoms with Crippen molar-refractivity contribution in [1.29, 1.82) is 0 Å². The van der Waals surface area contributed by atoms with Crippen LogP contribution >= 0.6 is 0 Å². The minimum Gasteiger partial charge on any atom is -0.462 e. The highest BCUT2D eigenvalue weighted by atomic mass is 16.6. The first-order valence-electron chi connectivity index (χ1n) is 17.2. The lowest BCUT2D eigenvalue weighted by Gasteiger charge is -2.63. The van der Waals surface area contributed by atoms with Gasteiger partial charge in [-0.1, -0.05) is 34.6 Å². The minimum absolute atomic E-state index is 0.00349. The van der Waals surface area contributed by atoms with Crippen LogP contribution in [-0.2, 0) is 23.8 Å². The van der Waals surface area contributed by atoms with Crippen LogP contribution in [-0.4, -0.2) is 59.2 Å². The zero-order valence-corrected chi connectivity index (χ0v) is 28.0. The van der Waals surface area contributed by atoms with Gasteiger partial charge in [-0.05, 0) is 99.2 Å². The third-order valence-corrected chi connectivity index (χ3v) is 14.6. The Morgan fingerprint density at radius 2 is 1.80 bits per heavy atom. The maximum absolute atomic E-state index is 12.9. The molecule has 44 heavy (non-hydrogen) atoms. The number of carbonyl (C=O) groups is 2. The van der Waals surface area contributed by atoms with Crippen molar-refractivity contribution < 1.29 is 34.0 Å². The number of hydrogen-bond acceptors (Lipinski definition) is 8. The van der Waals surface area contributed by atoms with E-state index in [4.69, 9.17) is 14.2 Å². The Hall–Kier alpha value is -1.22. The van der Waals surface area contributed by atoms with E-state index in [1.54, 1.807) is 19.8 Å². The van der Waals surface area contributed by atoms with Crippen LogP contribution in [0.2, 0.25) is 0 Å². The number of aliphatic hydroxyl groups is 2. The number of ether oxygens (including phenoxy) is 3. The van der Waals surface area contributed by atoms with Gasteiger partial charge in [-0.3, -0.25) is 9.59 Å². The van der Waals surface area contributed by atoms with Crippen molar-refractivity contribution in [3.8, 4) is 0 Å². The molecule has 10 atom stereocenters. The van der Waals surface area contributed by atoms with Crippen LogP contribution < -0.4 is 5.32 Å². The van der Waals surface area contributed by atoms with Gasteiger partial charge in [0.25, 0.3) is 0 Å². The molecule has 245 valence electrons. The molecular formula is C36H54NO7. The lowest BCUT2D eigenvalue weighted by Crippen LogP contribution is -2.59. The summed E-state index contributed by atoms with van der Waals surface area (Å²) in [6.45, 7) is 17.7. The predicted molar refractivity (Wildman–Crippen MR) is 163 cm³/mol. The van der Waals surface area contributed by atoms with Crippen molar-refractivity contribution in [2.24, 2.45) is 50.7 Å². The highest BCUT2D eigenvalue weighted by Gasteiger charge is 2.85. The molecular weight excluding hydrogens is 558 g/mol. The van der Waals surface area contributed by atoms with Crippen LogP contribution in [0, 0.1) is 68.9 Å². The molecule has 1 unspecified atom stereocenters. The highest BCUT2D eigenvalue weighted by Crippen LogP contribution is 2.90. The number of aliphatic hydroxyl groups excluding tert-OH is 1. The van der Waals surface area contributed by atoms with Gasteiger partial charge in [0.1, 0.15) is 18.3 Å². The Morgan fingerprint density at radius 1 is 1.09 bits per heavy atom. The summed E-state index contributed by atoms with van der Waals surface area (Å²) in [5.41, 5.74) is -1.67. The van der Waals surface area contributed by atoms with Crippen LogP contribution in [0.3, 0.4) is 0 Å². The van der Waals surface area contributed by atoms with Gasteiger partial charge in [-0.2, -0.15) is 0 Å². The molecule has 0 amide bonds. The first kappa shape index (κ1) is 31.4. The lowest BCUT2D eigenvalue weighted by molar-refractivity contribution is -0.178. The first-order chi connectivity index (χ1) is 20.4. The van der Waals surface area contributed by atoms with Crippen molar-refractivity contribution in [2.45, 2.75) is 131 Å². The summed E-state index contributed by atoms with van der Waals surface area (Å²) in [7, 11) is 0. The molecule has 0 aromatic rings. The number of esters is 2. The number of nitrogens with one attached hydrogen (secondary N) is 1. The smallest absolute Gasteiger partial charge is 0.311 e. The summed E-state index contributed by atoms with van der Waals surface area (Å²) in [4.78, 5) is 24.9. The number of fused-ring (bicyclic) bond motifs is 4. The molecule has 2 aliphatic heterocycles. The van der Waals surface area contributed by atoms with Crippen molar-refractivity contribution in [1.82, 2.24) is 5.32 Å². The van der Waals surface area contributed by atoms with Gasteiger partial charge in [0.15, 0.2) is 6.10 Å². The molecule has 2 spiro atoms. The summed E-state index contributed by atoms with van der Waals surface area (Å²) in [6, 6.07) is 0. The maximum Gasteiger partial charge on any atom is 0.311 e. The van der Waals surface area contributed by atoms with E-state index in [9.17, 15) is 19.8 Å². The molecule has 7 fully saturated rings. The largest absolute Gasteiger partial charge is 0.462 e. The zero-order valence-electron chi connectivity index (χ0n) is 28.0. The van der Waals surface area contributed by atoms with Crippen molar-refractivity contribution in [2.75, 3.05) is 13.1 Å². The van der Waals surface area contributed by atoms with Crippen LogP contribution in [0.15, 0.2) is 0 Å². The monoisotopic (exact) mass is 612 g/mol. The minimum atomic E-state index is -1.31. The fourth-order valence-electron chi connectivity index (χ4n) is 12.3. The predicted octanol–water partition coefficient (Wildman–Crippen LogP) is 4.92. The van der Waals surface area contributed by atoms with E-state index in [1.165, 1.54) is 13.3 Å². The number of carbonyl (C=O) groups excluding carboxylic acids is 2. The topological polar surface area (TPSA) is 114 Å². The maximum atomic E-state index is 12.9. The van der Waals surface area contributed by atoms with Gasteiger partial charge < -0.3 is 29.7 Å². The lowest BCUT2D eigenvalue weighted by atomic mass is 9.41. The Kier molecular flexibility index (Phi) is 6.89. The molecule has 5 saturated carbocycles. The normalized spacial score (nSPS) is 47.6. The van der Waals surface area contributed by atoms with Crippen molar-refractivity contribution in [3.63, 3.8) is 0 Å². The quantitative estimate of drug-likeness (QED) is 0.375. The van der Waals surface area contributed by atoms with Gasteiger partial charge in [-0.15, -0.1) is 0 Å². The second kappa shape index (κ2) is 9.67. The van der Waals surface area contributed by atoms with E-state index >= 15 is 0 Å². The molecule has 3 N–H and O–H groups in total. The Labute approximate surface area is 263 Å². The van der Waals surface area contributed by atoms with Crippen LogP contribution in [0.1, 0.15) is 107 Å². The van der Waals surface area contributed by atoms with Crippen LogP contribution in [0.4, 0.5) is 0 Å². The molecule has 2 heterocycles. The van der Waals surface area contributed by atoms with E-state index in [2.05, 4.69) is 39.9 Å².